The Morgan fingerprint density at radius 1 is 0.846 bits per heavy atom. The summed E-state index contributed by atoms with van der Waals surface area (Å²) in [7, 11) is 0. The lowest BCUT2D eigenvalue weighted by atomic mass is 9.92. The third-order valence-electron chi connectivity index (χ3n) is 5.94. The van der Waals surface area contributed by atoms with Gasteiger partial charge in [-0.3, -0.25) is 0 Å². The summed E-state index contributed by atoms with van der Waals surface area (Å²) in [6.07, 6.45) is -0.732. The molecule has 5 atom stereocenters. The van der Waals surface area contributed by atoms with E-state index in [0.717, 1.165) is 11.1 Å². The molecule has 26 heavy (non-hydrogen) atoms. The van der Waals surface area contributed by atoms with Crippen LogP contribution >= 0.6 is 0 Å². The van der Waals surface area contributed by atoms with Crippen molar-refractivity contribution < 1.29 is 14.2 Å². The number of hydrogen-bond acceptors (Lipinski definition) is 6. The minimum Gasteiger partial charge on any atom is -0.398 e. The fourth-order valence-corrected chi connectivity index (χ4v) is 4.69. The van der Waals surface area contributed by atoms with Gasteiger partial charge in [-0.25, -0.2) is 4.90 Å². The summed E-state index contributed by atoms with van der Waals surface area (Å²) in [5.41, 5.74) is 14.4. The van der Waals surface area contributed by atoms with Crippen molar-refractivity contribution in [2.24, 2.45) is 0 Å². The van der Waals surface area contributed by atoms with Gasteiger partial charge in [0.25, 0.3) is 0 Å². The number of nitrogens with zero attached hydrogens (tertiary/aromatic N) is 1. The minimum absolute atomic E-state index is 0.165. The van der Waals surface area contributed by atoms with Gasteiger partial charge in [-0.2, -0.15) is 0 Å². The number of ether oxygens (including phenoxy) is 3. The molecule has 5 rings (SSSR count). The van der Waals surface area contributed by atoms with Gasteiger partial charge in [0.1, 0.15) is 29.9 Å². The number of rotatable bonds is 2. The number of para-hydroxylation sites is 2. The molecule has 0 unspecified atom stereocenters. The molecule has 0 aromatic heterocycles. The Kier molecular flexibility index (Phi) is 3.22. The number of nitrogen functional groups attached to an aromatic ring is 2. The Bertz CT molecular complexity index is 829. The maximum Gasteiger partial charge on any atom is 0.149 e. The Balaban J connectivity index is 1.62. The van der Waals surface area contributed by atoms with Crippen LogP contribution in [0, 0.1) is 0 Å². The molecule has 6 heteroatoms. The van der Waals surface area contributed by atoms with Crippen molar-refractivity contribution in [3.63, 3.8) is 0 Å². The van der Waals surface area contributed by atoms with Gasteiger partial charge in [0.2, 0.25) is 0 Å². The molecule has 0 aliphatic carbocycles. The Hall–Kier alpha value is -2.12. The van der Waals surface area contributed by atoms with E-state index >= 15 is 0 Å². The Labute approximate surface area is 152 Å². The second kappa shape index (κ2) is 5.20. The minimum atomic E-state index is -0.681. The van der Waals surface area contributed by atoms with Crippen molar-refractivity contribution >= 4 is 11.4 Å². The maximum absolute atomic E-state index is 6.64. The van der Waals surface area contributed by atoms with Gasteiger partial charge in [-0.1, -0.05) is 36.4 Å². The van der Waals surface area contributed by atoms with Gasteiger partial charge in [0.15, 0.2) is 0 Å². The molecule has 0 radical (unpaired) electrons. The first-order chi connectivity index (χ1) is 12.4. The molecule has 3 fully saturated rings. The summed E-state index contributed by atoms with van der Waals surface area (Å²) in [6, 6.07) is 15.6. The van der Waals surface area contributed by atoms with Crippen LogP contribution in [0.4, 0.5) is 11.4 Å². The van der Waals surface area contributed by atoms with Gasteiger partial charge in [-0.15, -0.1) is 0 Å². The lowest BCUT2D eigenvalue weighted by Gasteiger charge is -2.33. The molecule has 3 aliphatic heterocycles. The van der Waals surface area contributed by atoms with E-state index in [2.05, 4.69) is 4.90 Å². The molecule has 2 aromatic rings. The van der Waals surface area contributed by atoms with E-state index in [1.54, 1.807) is 0 Å². The molecule has 2 aromatic carbocycles. The van der Waals surface area contributed by atoms with Gasteiger partial charge < -0.3 is 25.7 Å². The number of hydrogen-bond donors (Lipinski definition) is 2. The van der Waals surface area contributed by atoms with Crippen LogP contribution in [0.5, 0.6) is 0 Å². The first kappa shape index (κ1) is 16.1. The smallest absolute Gasteiger partial charge is 0.149 e. The van der Waals surface area contributed by atoms with E-state index in [1.807, 2.05) is 62.4 Å². The van der Waals surface area contributed by atoms with Crippen LogP contribution < -0.4 is 11.5 Å². The molecular weight excluding hydrogens is 330 g/mol. The van der Waals surface area contributed by atoms with Gasteiger partial charge in [0, 0.05) is 22.5 Å². The van der Waals surface area contributed by atoms with Gasteiger partial charge in [-0.05, 0) is 26.0 Å². The molecule has 3 aliphatic rings. The molecule has 6 nitrogen and oxygen atoms in total. The van der Waals surface area contributed by atoms with E-state index in [1.165, 1.54) is 0 Å². The van der Waals surface area contributed by atoms with Crippen molar-refractivity contribution in [2.75, 3.05) is 18.1 Å². The average molecular weight is 353 g/mol. The third-order valence-corrected chi connectivity index (χ3v) is 5.94. The van der Waals surface area contributed by atoms with Crippen molar-refractivity contribution in [3.05, 3.63) is 59.7 Å². The van der Waals surface area contributed by atoms with E-state index in [4.69, 9.17) is 25.7 Å². The predicted molar refractivity (Wildman–Crippen MR) is 97.7 cm³/mol. The standard InChI is InChI=1S/C20H23N3O3/c1-19(12-7-3-5-9-14(12)21)17-23-16(11-24-17)25-20(2,18(23)26-19)13-8-4-6-10-15(13)22/h3-10,16-18H,11,21-22H2,1-2H3/t16-,17-,18-,19-,20+/m0/s1. The molecule has 4 N–H and O–H groups in total. The Morgan fingerprint density at radius 2 is 1.38 bits per heavy atom. The summed E-state index contributed by atoms with van der Waals surface area (Å²) >= 11 is 0. The zero-order valence-electron chi connectivity index (χ0n) is 14.9. The molecule has 0 spiro atoms. The highest BCUT2D eigenvalue weighted by Gasteiger charge is 2.68. The fraction of sp³-hybridized carbons (Fsp3) is 0.400. The number of anilines is 2. The summed E-state index contributed by atoms with van der Waals surface area (Å²) in [5.74, 6) is 0. The second-order valence-corrected chi connectivity index (χ2v) is 7.56. The summed E-state index contributed by atoms with van der Waals surface area (Å²) in [4.78, 5) is 2.18. The quantitative estimate of drug-likeness (QED) is 0.807. The molecule has 3 saturated heterocycles. The molecule has 3 heterocycles. The molecular formula is C20H23N3O3. The molecule has 136 valence electrons. The second-order valence-electron chi connectivity index (χ2n) is 7.56. The van der Waals surface area contributed by atoms with E-state index in [9.17, 15) is 0 Å². The van der Waals surface area contributed by atoms with Crippen LogP contribution in [0.15, 0.2) is 48.5 Å². The van der Waals surface area contributed by atoms with Gasteiger partial charge in [0.05, 0.1) is 6.61 Å². The zero-order valence-corrected chi connectivity index (χ0v) is 14.9. The topological polar surface area (TPSA) is 83.0 Å². The largest absolute Gasteiger partial charge is 0.398 e. The fourth-order valence-electron chi connectivity index (χ4n) is 4.69. The molecule has 0 saturated carbocycles. The van der Waals surface area contributed by atoms with Crippen LogP contribution in [0.25, 0.3) is 0 Å². The highest BCUT2D eigenvalue weighted by Crippen LogP contribution is 2.56. The van der Waals surface area contributed by atoms with E-state index < -0.39 is 11.2 Å². The van der Waals surface area contributed by atoms with Crippen LogP contribution in [-0.2, 0) is 25.4 Å². The summed E-state index contributed by atoms with van der Waals surface area (Å²) in [5, 5.41) is 0. The van der Waals surface area contributed by atoms with E-state index in [-0.39, 0.29) is 18.7 Å². The third kappa shape index (κ3) is 1.90. The lowest BCUT2D eigenvalue weighted by Crippen LogP contribution is -2.40. The average Bonchev–Trinajstić information content (AvgIpc) is 3.24. The first-order valence-corrected chi connectivity index (χ1v) is 8.90. The number of benzene rings is 2. The van der Waals surface area contributed by atoms with Crippen molar-refractivity contribution in [1.82, 2.24) is 4.90 Å². The highest BCUT2D eigenvalue weighted by molar-refractivity contribution is 5.52. The zero-order chi connectivity index (χ0) is 18.1. The lowest BCUT2D eigenvalue weighted by molar-refractivity contribution is -0.137. The SMILES string of the molecule is C[C@@]1(c2ccccc2N)O[C@@H]2N3[C@H](CO[C@H]31)O[C@]2(C)c1ccccc1N. The van der Waals surface area contributed by atoms with Crippen molar-refractivity contribution in [2.45, 2.75) is 43.7 Å². The van der Waals surface area contributed by atoms with Crippen LogP contribution in [0.1, 0.15) is 25.0 Å². The van der Waals surface area contributed by atoms with Gasteiger partial charge >= 0.3 is 0 Å². The van der Waals surface area contributed by atoms with Crippen LogP contribution in [0.2, 0.25) is 0 Å². The molecule has 0 amide bonds. The highest BCUT2D eigenvalue weighted by atomic mass is 16.7. The number of nitrogens with two attached hydrogens (primary N) is 2. The van der Waals surface area contributed by atoms with E-state index in [0.29, 0.717) is 18.0 Å². The van der Waals surface area contributed by atoms with Crippen LogP contribution in [-0.4, -0.2) is 30.2 Å². The monoisotopic (exact) mass is 353 g/mol. The normalized spacial score (nSPS) is 38.6. The van der Waals surface area contributed by atoms with Crippen molar-refractivity contribution in [1.29, 1.82) is 0 Å². The first-order valence-electron chi connectivity index (χ1n) is 8.90. The van der Waals surface area contributed by atoms with Crippen molar-refractivity contribution in [3.8, 4) is 0 Å². The van der Waals surface area contributed by atoms with Crippen LogP contribution in [0.3, 0.4) is 0 Å². The summed E-state index contributed by atoms with van der Waals surface area (Å²) < 4.78 is 19.1. The Morgan fingerprint density at radius 3 is 1.96 bits per heavy atom. The summed E-state index contributed by atoms with van der Waals surface area (Å²) in [6.45, 7) is 4.58. The maximum atomic E-state index is 6.64. The predicted octanol–water partition coefficient (Wildman–Crippen LogP) is 2.35. The molecule has 0 bridgehead atoms.